The fourth-order valence-electron chi connectivity index (χ4n) is 1.76. The number of anilines is 1. The SMILES string of the molecule is CSCCNc1nc2c(cnn2C(C)(C)C)c(=O)[nH]1. The van der Waals surface area contributed by atoms with Crippen LogP contribution in [-0.2, 0) is 5.54 Å². The van der Waals surface area contributed by atoms with Crippen LogP contribution in [0.15, 0.2) is 11.0 Å². The zero-order chi connectivity index (χ0) is 14.0. The number of thioether (sulfide) groups is 1. The van der Waals surface area contributed by atoms with E-state index in [9.17, 15) is 4.79 Å². The molecule has 0 unspecified atom stereocenters. The number of rotatable bonds is 4. The lowest BCUT2D eigenvalue weighted by Gasteiger charge is -2.19. The van der Waals surface area contributed by atoms with Crippen molar-refractivity contribution in [2.75, 3.05) is 23.9 Å². The minimum atomic E-state index is -0.209. The molecule has 0 saturated heterocycles. The van der Waals surface area contributed by atoms with Gasteiger partial charge in [0.15, 0.2) is 5.65 Å². The van der Waals surface area contributed by atoms with Gasteiger partial charge in [0.25, 0.3) is 5.56 Å². The highest BCUT2D eigenvalue weighted by Gasteiger charge is 2.19. The molecule has 2 N–H and O–H groups in total. The molecule has 19 heavy (non-hydrogen) atoms. The van der Waals surface area contributed by atoms with Gasteiger partial charge in [-0.05, 0) is 27.0 Å². The summed E-state index contributed by atoms with van der Waals surface area (Å²) in [6, 6.07) is 0. The normalized spacial score (nSPS) is 12.0. The summed E-state index contributed by atoms with van der Waals surface area (Å²) < 4.78 is 1.78. The van der Waals surface area contributed by atoms with E-state index in [1.807, 2.05) is 27.0 Å². The van der Waals surface area contributed by atoms with Gasteiger partial charge in [-0.1, -0.05) is 0 Å². The number of nitrogens with zero attached hydrogens (tertiary/aromatic N) is 3. The van der Waals surface area contributed by atoms with Crippen molar-refractivity contribution in [3.63, 3.8) is 0 Å². The Morgan fingerprint density at radius 2 is 2.21 bits per heavy atom. The van der Waals surface area contributed by atoms with Gasteiger partial charge in [0.2, 0.25) is 5.95 Å². The van der Waals surface area contributed by atoms with Gasteiger partial charge < -0.3 is 5.32 Å². The predicted octanol–water partition coefficient (Wildman–Crippen LogP) is 1.65. The Bertz CT molecular complexity index is 625. The van der Waals surface area contributed by atoms with Crippen LogP contribution in [0, 0.1) is 0 Å². The molecule has 0 fully saturated rings. The first-order valence-corrected chi connectivity index (χ1v) is 7.54. The molecule has 0 aliphatic carbocycles. The van der Waals surface area contributed by atoms with Crippen molar-refractivity contribution in [2.45, 2.75) is 26.3 Å². The molecule has 0 radical (unpaired) electrons. The van der Waals surface area contributed by atoms with Gasteiger partial charge in [-0.25, -0.2) is 4.68 Å². The molecular weight excluding hydrogens is 262 g/mol. The van der Waals surface area contributed by atoms with Crippen LogP contribution in [0.1, 0.15) is 20.8 Å². The van der Waals surface area contributed by atoms with Crippen molar-refractivity contribution >= 4 is 28.7 Å². The minimum Gasteiger partial charge on any atom is -0.355 e. The van der Waals surface area contributed by atoms with Crippen molar-refractivity contribution in [3.8, 4) is 0 Å². The van der Waals surface area contributed by atoms with Crippen LogP contribution in [0.3, 0.4) is 0 Å². The van der Waals surface area contributed by atoms with E-state index >= 15 is 0 Å². The summed E-state index contributed by atoms with van der Waals surface area (Å²) in [6.07, 6.45) is 3.60. The largest absolute Gasteiger partial charge is 0.355 e. The Hall–Kier alpha value is -1.50. The van der Waals surface area contributed by atoms with Crippen LogP contribution >= 0.6 is 11.8 Å². The quantitative estimate of drug-likeness (QED) is 0.833. The molecule has 0 aromatic carbocycles. The molecule has 0 spiro atoms. The van der Waals surface area contributed by atoms with Crippen molar-refractivity contribution in [3.05, 3.63) is 16.6 Å². The van der Waals surface area contributed by atoms with Crippen LogP contribution < -0.4 is 10.9 Å². The Balaban J connectivity index is 2.45. The summed E-state index contributed by atoms with van der Waals surface area (Å²) in [6.45, 7) is 6.86. The number of fused-ring (bicyclic) bond motifs is 1. The highest BCUT2D eigenvalue weighted by atomic mass is 32.2. The van der Waals surface area contributed by atoms with Crippen molar-refractivity contribution in [1.29, 1.82) is 0 Å². The van der Waals surface area contributed by atoms with E-state index in [0.717, 1.165) is 12.3 Å². The van der Waals surface area contributed by atoms with Crippen LogP contribution in [0.5, 0.6) is 0 Å². The fourth-order valence-corrected chi connectivity index (χ4v) is 2.07. The second kappa shape index (κ2) is 5.24. The first kappa shape index (κ1) is 13.9. The van der Waals surface area contributed by atoms with E-state index < -0.39 is 0 Å². The summed E-state index contributed by atoms with van der Waals surface area (Å²) in [4.78, 5) is 19.2. The third kappa shape index (κ3) is 2.91. The molecule has 6 nitrogen and oxygen atoms in total. The Morgan fingerprint density at radius 1 is 1.47 bits per heavy atom. The van der Waals surface area contributed by atoms with E-state index in [0.29, 0.717) is 17.0 Å². The highest BCUT2D eigenvalue weighted by molar-refractivity contribution is 7.98. The summed E-state index contributed by atoms with van der Waals surface area (Å²) in [5.41, 5.74) is 0.245. The fraction of sp³-hybridized carbons (Fsp3) is 0.583. The lowest BCUT2D eigenvalue weighted by atomic mass is 10.1. The van der Waals surface area contributed by atoms with Crippen LogP contribution in [0.25, 0.3) is 11.0 Å². The van der Waals surface area contributed by atoms with Gasteiger partial charge in [0, 0.05) is 12.3 Å². The van der Waals surface area contributed by atoms with Gasteiger partial charge in [0.1, 0.15) is 5.39 Å². The second-order valence-electron chi connectivity index (χ2n) is 5.30. The zero-order valence-electron chi connectivity index (χ0n) is 11.6. The summed E-state index contributed by atoms with van der Waals surface area (Å²) in [5, 5.41) is 7.90. The Labute approximate surface area is 116 Å². The van der Waals surface area contributed by atoms with Gasteiger partial charge in [-0.3, -0.25) is 9.78 Å². The van der Waals surface area contributed by atoms with Crippen molar-refractivity contribution < 1.29 is 0 Å². The van der Waals surface area contributed by atoms with E-state index in [4.69, 9.17) is 0 Å². The van der Waals surface area contributed by atoms with E-state index in [2.05, 4.69) is 20.4 Å². The minimum absolute atomic E-state index is 0.160. The number of H-pyrrole nitrogens is 1. The molecule has 0 saturated carbocycles. The molecule has 0 amide bonds. The molecule has 2 heterocycles. The van der Waals surface area contributed by atoms with E-state index in [1.165, 1.54) is 0 Å². The number of aromatic nitrogens is 4. The van der Waals surface area contributed by atoms with E-state index in [-0.39, 0.29) is 11.1 Å². The number of aromatic amines is 1. The third-order valence-corrected chi connectivity index (χ3v) is 3.28. The average molecular weight is 281 g/mol. The average Bonchev–Trinajstić information content (AvgIpc) is 2.73. The Morgan fingerprint density at radius 3 is 2.84 bits per heavy atom. The standard InChI is InChI=1S/C12H19N5OS/c1-12(2,3)17-9-8(7-14-17)10(18)16-11(15-9)13-5-6-19-4/h7H,5-6H2,1-4H3,(H2,13,15,16,18). The van der Waals surface area contributed by atoms with Crippen molar-refractivity contribution in [1.82, 2.24) is 19.7 Å². The highest BCUT2D eigenvalue weighted by Crippen LogP contribution is 2.18. The van der Waals surface area contributed by atoms with Crippen LogP contribution in [-0.4, -0.2) is 38.3 Å². The summed E-state index contributed by atoms with van der Waals surface area (Å²) in [7, 11) is 0. The molecule has 104 valence electrons. The topological polar surface area (TPSA) is 75.6 Å². The molecule has 0 aliphatic heterocycles. The molecule has 2 rings (SSSR count). The number of nitrogens with one attached hydrogen (secondary N) is 2. The maximum Gasteiger partial charge on any atom is 0.263 e. The lowest BCUT2D eigenvalue weighted by molar-refractivity contribution is 0.366. The Kier molecular flexibility index (Phi) is 3.84. The molecule has 0 bridgehead atoms. The maximum absolute atomic E-state index is 12.0. The number of hydrogen-bond acceptors (Lipinski definition) is 5. The van der Waals surface area contributed by atoms with Crippen LogP contribution in [0.2, 0.25) is 0 Å². The monoisotopic (exact) mass is 281 g/mol. The third-order valence-electron chi connectivity index (χ3n) is 2.67. The maximum atomic E-state index is 12.0. The molecular formula is C12H19N5OS. The lowest BCUT2D eigenvalue weighted by Crippen LogP contribution is -2.24. The van der Waals surface area contributed by atoms with Gasteiger partial charge in [0.05, 0.1) is 11.7 Å². The first-order valence-electron chi connectivity index (χ1n) is 6.15. The smallest absolute Gasteiger partial charge is 0.263 e. The second-order valence-corrected chi connectivity index (χ2v) is 6.28. The predicted molar refractivity (Wildman–Crippen MR) is 80.0 cm³/mol. The van der Waals surface area contributed by atoms with Gasteiger partial charge >= 0.3 is 0 Å². The number of hydrogen-bond donors (Lipinski definition) is 2. The molecule has 2 aromatic rings. The summed E-state index contributed by atoms with van der Waals surface area (Å²) >= 11 is 1.74. The molecule has 0 atom stereocenters. The zero-order valence-corrected chi connectivity index (χ0v) is 12.5. The van der Waals surface area contributed by atoms with E-state index in [1.54, 1.807) is 22.6 Å². The molecule has 7 heteroatoms. The van der Waals surface area contributed by atoms with Crippen molar-refractivity contribution in [2.24, 2.45) is 0 Å². The van der Waals surface area contributed by atoms with Gasteiger partial charge in [-0.15, -0.1) is 0 Å². The summed E-state index contributed by atoms with van der Waals surface area (Å²) in [5.74, 6) is 1.46. The molecule has 2 aromatic heterocycles. The van der Waals surface area contributed by atoms with Crippen LogP contribution in [0.4, 0.5) is 5.95 Å². The van der Waals surface area contributed by atoms with Gasteiger partial charge in [-0.2, -0.15) is 21.8 Å². The molecule has 0 aliphatic rings. The first-order chi connectivity index (χ1) is 8.93.